The Kier molecular flexibility index (Phi) is 9.97. The highest BCUT2D eigenvalue weighted by molar-refractivity contribution is 7.92. The van der Waals surface area contributed by atoms with E-state index < -0.39 is 51.6 Å². The highest BCUT2D eigenvalue weighted by Crippen LogP contribution is 2.46. The van der Waals surface area contributed by atoms with Gasteiger partial charge in [-0.15, -0.1) is 6.42 Å². The first-order valence-electron chi connectivity index (χ1n) is 13.7. The lowest BCUT2D eigenvalue weighted by Crippen LogP contribution is -2.42. The van der Waals surface area contributed by atoms with Crippen LogP contribution in [0.1, 0.15) is 43.0 Å². The maximum absolute atomic E-state index is 12.9. The summed E-state index contributed by atoms with van der Waals surface area (Å²) in [4.78, 5) is 37.3. The van der Waals surface area contributed by atoms with Crippen LogP contribution in [-0.4, -0.2) is 60.1 Å². The third-order valence-corrected chi connectivity index (χ3v) is 8.38. The van der Waals surface area contributed by atoms with E-state index in [0.717, 1.165) is 5.57 Å². The number of terminal acetylenes is 1. The quantitative estimate of drug-likeness (QED) is 0.167. The number of ether oxygens (including phenoxy) is 1. The number of nitrogens with one attached hydrogen (secondary N) is 4. The molecule has 0 atom stereocenters. The second-order valence-corrected chi connectivity index (χ2v) is 12.7. The van der Waals surface area contributed by atoms with E-state index in [2.05, 4.69) is 43.4 Å². The van der Waals surface area contributed by atoms with Crippen molar-refractivity contribution in [3.63, 3.8) is 0 Å². The van der Waals surface area contributed by atoms with Crippen molar-refractivity contribution in [2.75, 3.05) is 23.8 Å². The molecule has 1 aromatic carbocycles. The van der Waals surface area contributed by atoms with Crippen molar-refractivity contribution in [1.82, 2.24) is 25.0 Å². The van der Waals surface area contributed by atoms with Gasteiger partial charge in [-0.25, -0.2) is 13.1 Å². The molecular formula is C29H29ClF3N7O5S. The SMILES string of the molecule is C#C/C(Cl)=C\C=C(/C)C1(Nc2nc(Nc3ccc(C(=O)NCC4(C(=O)NS(=O)(=O)C=C)CC4)cc3)nc(OCC(F)(F)F)n2)CC1. The number of rotatable bonds is 14. The van der Waals surface area contributed by atoms with Gasteiger partial charge >= 0.3 is 12.2 Å². The first kappa shape index (κ1) is 34.3. The molecule has 0 spiro atoms. The Morgan fingerprint density at radius 3 is 2.33 bits per heavy atom. The molecule has 0 radical (unpaired) electrons. The molecule has 2 aromatic rings. The van der Waals surface area contributed by atoms with Crippen LogP contribution in [0, 0.1) is 17.8 Å². The lowest BCUT2D eigenvalue weighted by atomic mass is 10.1. The monoisotopic (exact) mass is 679 g/mol. The molecule has 2 amide bonds. The standard InChI is InChI=1S/C29H29ClF3N7O5S/c1-4-20(30)9-6-18(3)28(14-15-28)39-25-36-24(37-26(38-25)45-17-29(31,32)33)35-21-10-7-19(8-11-21)22(41)34-16-27(12-13-27)23(42)40-46(43,44)5-2/h1,5-11H,2,12-17H2,3H3,(H,34,41)(H,40,42)(H2,35,36,37,38,39)/b18-6+,20-9+. The lowest BCUT2D eigenvalue weighted by molar-refractivity contribution is -0.154. The van der Waals surface area contributed by atoms with Crippen LogP contribution < -0.4 is 25.4 Å². The van der Waals surface area contributed by atoms with Gasteiger partial charge in [-0.1, -0.05) is 30.2 Å². The number of anilines is 3. The summed E-state index contributed by atoms with van der Waals surface area (Å²) in [5, 5.41) is 9.46. The first-order valence-corrected chi connectivity index (χ1v) is 15.6. The van der Waals surface area contributed by atoms with E-state index in [1.54, 1.807) is 12.2 Å². The summed E-state index contributed by atoms with van der Waals surface area (Å²) in [6, 6.07) is 5.37. The van der Waals surface area contributed by atoms with Gasteiger partial charge < -0.3 is 20.7 Å². The Hall–Kier alpha value is -4.62. The van der Waals surface area contributed by atoms with E-state index in [4.69, 9.17) is 22.8 Å². The number of aromatic nitrogens is 3. The number of allylic oxidation sites excluding steroid dienone is 3. The average molecular weight is 680 g/mol. The molecule has 0 unspecified atom stereocenters. The van der Waals surface area contributed by atoms with Crippen molar-refractivity contribution in [3.8, 4) is 18.4 Å². The smallest absolute Gasteiger partial charge is 0.422 e. The van der Waals surface area contributed by atoms with Gasteiger partial charge in [-0.3, -0.25) is 9.59 Å². The van der Waals surface area contributed by atoms with Crippen molar-refractivity contribution in [2.45, 2.75) is 44.3 Å². The number of hydrogen-bond donors (Lipinski definition) is 4. The lowest BCUT2D eigenvalue weighted by Gasteiger charge is -2.19. The van der Waals surface area contributed by atoms with Gasteiger partial charge in [0.25, 0.3) is 15.9 Å². The van der Waals surface area contributed by atoms with E-state index in [9.17, 15) is 31.2 Å². The van der Waals surface area contributed by atoms with Gasteiger partial charge in [-0.05, 0) is 68.5 Å². The van der Waals surface area contributed by atoms with Crippen LogP contribution in [0.4, 0.5) is 30.8 Å². The maximum Gasteiger partial charge on any atom is 0.422 e. The predicted molar refractivity (Wildman–Crippen MR) is 164 cm³/mol. The Morgan fingerprint density at radius 2 is 1.76 bits per heavy atom. The largest absolute Gasteiger partial charge is 0.454 e. The molecule has 0 bridgehead atoms. The number of amides is 2. The number of nitrogens with zero attached hydrogens (tertiary/aromatic N) is 3. The van der Waals surface area contributed by atoms with Crippen LogP contribution in [0.5, 0.6) is 6.01 Å². The summed E-state index contributed by atoms with van der Waals surface area (Å²) < 4.78 is 68.5. The van der Waals surface area contributed by atoms with Crippen LogP contribution in [0.2, 0.25) is 0 Å². The van der Waals surface area contributed by atoms with E-state index in [1.165, 1.54) is 24.3 Å². The van der Waals surface area contributed by atoms with Gasteiger partial charge in [0.05, 0.1) is 16.0 Å². The van der Waals surface area contributed by atoms with E-state index >= 15 is 0 Å². The summed E-state index contributed by atoms with van der Waals surface area (Å²) in [6.07, 6.45) is 6.11. The summed E-state index contributed by atoms with van der Waals surface area (Å²) >= 11 is 5.88. The molecule has 4 N–H and O–H groups in total. The van der Waals surface area contributed by atoms with Crippen molar-refractivity contribution in [1.29, 1.82) is 0 Å². The molecule has 2 fully saturated rings. The van der Waals surface area contributed by atoms with Crippen LogP contribution in [-0.2, 0) is 14.8 Å². The third-order valence-electron chi connectivity index (χ3n) is 7.23. The number of sulfonamides is 1. The summed E-state index contributed by atoms with van der Waals surface area (Å²) in [6.45, 7) is 3.29. The Labute approximate surface area is 268 Å². The van der Waals surface area contributed by atoms with Gasteiger partial charge in [0.1, 0.15) is 0 Å². The molecular weight excluding hydrogens is 651 g/mol. The van der Waals surface area contributed by atoms with Gasteiger partial charge in [0.15, 0.2) is 6.61 Å². The zero-order valence-corrected chi connectivity index (χ0v) is 25.9. The zero-order chi connectivity index (χ0) is 33.8. The second-order valence-electron chi connectivity index (χ2n) is 10.7. The second kappa shape index (κ2) is 13.4. The molecule has 12 nitrogen and oxygen atoms in total. The van der Waals surface area contributed by atoms with Crippen LogP contribution in [0.3, 0.4) is 0 Å². The zero-order valence-electron chi connectivity index (χ0n) is 24.4. The van der Waals surface area contributed by atoms with Crippen LogP contribution >= 0.6 is 11.6 Å². The number of carbonyl (C=O) groups is 2. The van der Waals surface area contributed by atoms with E-state index in [-0.39, 0.29) is 29.0 Å². The molecule has 0 aliphatic heterocycles. The van der Waals surface area contributed by atoms with E-state index in [0.29, 0.717) is 36.8 Å². The summed E-state index contributed by atoms with van der Waals surface area (Å²) in [5.41, 5.74) is -0.143. The topological polar surface area (TPSA) is 164 Å². The molecule has 2 aliphatic carbocycles. The van der Waals surface area contributed by atoms with Crippen molar-refractivity contribution >= 4 is 51.0 Å². The van der Waals surface area contributed by atoms with Gasteiger partial charge in [-0.2, -0.15) is 28.1 Å². The normalized spacial score (nSPS) is 16.8. The fraction of sp³-hybridized carbons (Fsp3) is 0.345. The fourth-order valence-electron chi connectivity index (χ4n) is 4.14. The number of alkyl halides is 3. The first-order chi connectivity index (χ1) is 21.6. The molecule has 2 saturated carbocycles. The number of carbonyl (C=O) groups excluding carboxylic acids is 2. The average Bonchev–Trinajstić information content (AvgIpc) is 3.94. The molecule has 1 aromatic heterocycles. The Balaban J connectivity index is 1.45. The van der Waals surface area contributed by atoms with Crippen molar-refractivity contribution in [2.24, 2.45) is 5.41 Å². The van der Waals surface area contributed by atoms with Crippen molar-refractivity contribution < 1.29 is 35.9 Å². The number of hydrogen-bond acceptors (Lipinski definition) is 10. The number of halogens is 4. The highest BCUT2D eigenvalue weighted by Gasteiger charge is 2.51. The van der Waals surface area contributed by atoms with Gasteiger partial charge in [0.2, 0.25) is 17.8 Å². The minimum atomic E-state index is -4.63. The molecule has 46 heavy (non-hydrogen) atoms. The maximum atomic E-state index is 12.9. The Morgan fingerprint density at radius 1 is 1.11 bits per heavy atom. The van der Waals surface area contributed by atoms with Gasteiger partial charge in [0, 0.05) is 23.2 Å². The predicted octanol–water partition coefficient (Wildman–Crippen LogP) is 4.30. The summed E-state index contributed by atoms with van der Waals surface area (Å²) in [5.74, 6) is 0.896. The third kappa shape index (κ3) is 9.21. The molecule has 0 saturated heterocycles. The Bertz CT molecular complexity index is 1730. The molecule has 17 heteroatoms. The molecule has 1 heterocycles. The van der Waals surface area contributed by atoms with Crippen LogP contribution in [0.25, 0.3) is 0 Å². The minimum absolute atomic E-state index is 0.0399. The van der Waals surface area contributed by atoms with Crippen LogP contribution in [0.15, 0.2) is 59.0 Å². The fourth-order valence-corrected chi connectivity index (χ4v) is 4.76. The van der Waals surface area contributed by atoms with Crippen molar-refractivity contribution in [3.05, 3.63) is 64.6 Å². The minimum Gasteiger partial charge on any atom is -0.454 e. The molecule has 2 aliphatic rings. The highest BCUT2D eigenvalue weighted by atomic mass is 35.5. The summed E-state index contributed by atoms with van der Waals surface area (Å²) in [7, 11) is -3.96. The molecule has 4 rings (SSSR count). The number of benzene rings is 1. The molecule has 244 valence electrons. The van der Waals surface area contributed by atoms with E-state index in [1.807, 2.05) is 11.6 Å².